The van der Waals surface area contributed by atoms with Crippen LogP contribution < -0.4 is 0 Å². The van der Waals surface area contributed by atoms with Gasteiger partial charge in [0.05, 0.1) is 18.4 Å². The third-order valence-electron chi connectivity index (χ3n) is 6.48. The Hall–Kier alpha value is -3.10. The van der Waals surface area contributed by atoms with Gasteiger partial charge in [0.25, 0.3) is 0 Å². The van der Waals surface area contributed by atoms with Crippen molar-refractivity contribution in [3.05, 3.63) is 66.1 Å². The van der Waals surface area contributed by atoms with Gasteiger partial charge in [0.2, 0.25) is 0 Å². The molecule has 1 fully saturated rings. The van der Waals surface area contributed by atoms with Crippen LogP contribution in [0.2, 0.25) is 0 Å². The third kappa shape index (κ3) is 4.23. The largest absolute Gasteiger partial charge is 0.376 e. The highest BCUT2D eigenvalue weighted by Gasteiger charge is 2.24. The molecule has 4 aromatic rings. The minimum absolute atomic E-state index is 0.0914. The maximum absolute atomic E-state index is 13.1. The topological polar surface area (TPSA) is 77.7 Å². The van der Waals surface area contributed by atoms with E-state index in [2.05, 4.69) is 43.0 Å². The summed E-state index contributed by atoms with van der Waals surface area (Å²) >= 11 is 1.44. The van der Waals surface area contributed by atoms with E-state index < -0.39 is 0 Å². The number of nitrogens with one attached hydrogen (secondary N) is 1. The number of carbonyl (C=O) groups excluding carboxylic acids is 1. The zero-order chi connectivity index (χ0) is 23.7. The SMILES string of the molecule is C=CCn1c(C)cc(C(=O)CSc2nnc(-c3c[nH]c4ccccc34)n2CC2CCCO2)c1C. The fraction of sp³-hybridized carbons (Fsp3) is 0.346. The van der Waals surface area contributed by atoms with E-state index in [9.17, 15) is 4.79 Å². The number of hydrogen-bond acceptors (Lipinski definition) is 5. The van der Waals surface area contributed by atoms with Crippen LogP contribution in [0.1, 0.15) is 34.6 Å². The van der Waals surface area contributed by atoms with Gasteiger partial charge >= 0.3 is 0 Å². The summed E-state index contributed by atoms with van der Waals surface area (Å²) in [6.45, 7) is 9.99. The molecule has 0 aliphatic carbocycles. The molecule has 0 spiro atoms. The molecule has 34 heavy (non-hydrogen) atoms. The van der Waals surface area contributed by atoms with Crippen molar-refractivity contribution in [2.75, 3.05) is 12.4 Å². The van der Waals surface area contributed by atoms with E-state index in [0.29, 0.717) is 18.8 Å². The number of H-pyrrole nitrogens is 1. The van der Waals surface area contributed by atoms with E-state index in [-0.39, 0.29) is 11.9 Å². The molecular weight excluding hydrogens is 446 g/mol. The van der Waals surface area contributed by atoms with Gasteiger partial charge in [0, 0.05) is 52.8 Å². The van der Waals surface area contributed by atoms with Gasteiger partial charge < -0.3 is 14.3 Å². The first-order valence-corrected chi connectivity index (χ1v) is 12.6. The normalized spacial score (nSPS) is 15.9. The van der Waals surface area contributed by atoms with Gasteiger partial charge in [-0.25, -0.2) is 0 Å². The summed E-state index contributed by atoms with van der Waals surface area (Å²) in [6.07, 6.45) is 6.05. The standard InChI is InChI=1S/C26H29N5O2S/c1-4-11-30-17(2)13-21(18(30)3)24(32)16-34-26-29-28-25(31(26)15-19-8-7-12-33-19)22-14-27-23-10-6-5-9-20(22)23/h4-6,9-10,13-14,19,27H,1,7-8,11-12,15-16H2,2-3H3. The van der Waals surface area contributed by atoms with Crippen LogP contribution in [-0.4, -0.2) is 48.6 Å². The van der Waals surface area contributed by atoms with Gasteiger partial charge in [-0.1, -0.05) is 36.0 Å². The van der Waals surface area contributed by atoms with E-state index in [1.165, 1.54) is 11.8 Å². The number of allylic oxidation sites excluding steroid dienone is 1. The lowest BCUT2D eigenvalue weighted by atomic mass is 10.1. The highest BCUT2D eigenvalue weighted by molar-refractivity contribution is 7.99. The highest BCUT2D eigenvalue weighted by Crippen LogP contribution is 2.31. The fourth-order valence-corrected chi connectivity index (χ4v) is 5.54. The van der Waals surface area contributed by atoms with Crippen LogP contribution in [0, 0.1) is 13.8 Å². The summed E-state index contributed by atoms with van der Waals surface area (Å²) in [7, 11) is 0. The minimum atomic E-state index is 0.0914. The lowest BCUT2D eigenvalue weighted by Gasteiger charge is -2.14. The summed E-state index contributed by atoms with van der Waals surface area (Å²) in [5, 5.41) is 10.9. The Labute approximate surface area is 203 Å². The Morgan fingerprint density at radius 3 is 2.94 bits per heavy atom. The number of aryl methyl sites for hydroxylation is 1. The molecular formula is C26H29N5O2S. The Balaban J connectivity index is 1.43. The van der Waals surface area contributed by atoms with Crippen molar-refractivity contribution in [3.63, 3.8) is 0 Å². The van der Waals surface area contributed by atoms with Crippen molar-refractivity contribution in [1.82, 2.24) is 24.3 Å². The van der Waals surface area contributed by atoms with Crippen LogP contribution in [0.5, 0.6) is 0 Å². The zero-order valence-electron chi connectivity index (χ0n) is 19.6. The molecule has 3 aromatic heterocycles. The van der Waals surface area contributed by atoms with Crippen LogP contribution in [0.3, 0.4) is 0 Å². The van der Waals surface area contributed by atoms with E-state index in [1.807, 2.05) is 44.3 Å². The molecule has 1 aliphatic heterocycles. The lowest BCUT2D eigenvalue weighted by Crippen LogP contribution is -2.17. The van der Waals surface area contributed by atoms with E-state index >= 15 is 0 Å². The van der Waals surface area contributed by atoms with Gasteiger partial charge in [-0.3, -0.25) is 9.36 Å². The number of nitrogens with zero attached hydrogens (tertiary/aromatic N) is 4. The molecule has 176 valence electrons. The third-order valence-corrected chi connectivity index (χ3v) is 7.44. The summed E-state index contributed by atoms with van der Waals surface area (Å²) < 4.78 is 10.1. The summed E-state index contributed by atoms with van der Waals surface area (Å²) in [5.41, 5.74) is 4.86. The fourth-order valence-electron chi connectivity index (χ4n) is 4.71. The molecule has 1 aliphatic rings. The lowest BCUT2D eigenvalue weighted by molar-refractivity contribution is 0.0953. The van der Waals surface area contributed by atoms with Crippen molar-refractivity contribution in [1.29, 1.82) is 0 Å². The number of para-hydroxylation sites is 1. The molecule has 7 nitrogen and oxygen atoms in total. The summed E-state index contributed by atoms with van der Waals surface area (Å²) in [6, 6.07) is 10.1. The zero-order valence-corrected chi connectivity index (χ0v) is 20.4. The number of fused-ring (bicyclic) bond motifs is 1. The number of hydrogen-bond donors (Lipinski definition) is 1. The van der Waals surface area contributed by atoms with Crippen molar-refractivity contribution in [3.8, 4) is 11.4 Å². The second-order valence-corrected chi connectivity index (χ2v) is 9.64. The Morgan fingerprint density at radius 2 is 2.15 bits per heavy atom. The van der Waals surface area contributed by atoms with Crippen molar-refractivity contribution in [2.45, 2.75) is 51.0 Å². The van der Waals surface area contributed by atoms with Gasteiger partial charge in [-0.05, 0) is 38.8 Å². The van der Waals surface area contributed by atoms with E-state index in [4.69, 9.17) is 4.74 Å². The molecule has 8 heteroatoms. The van der Waals surface area contributed by atoms with Crippen LogP contribution in [0.25, 0.3) is 22.3 Å². The molecule has 0 amide bonds. The molecule has 1 atom stereocenters. The number of ether oxygens (including phenoxy) is 1. The minimum Gasteiger partial charge on any atom is -0.376 e. The first kappa shape index (κ1) is 22.7. The molecule has 0 saturated carbocycles. The Kier molecular flexibility index (Phi) is 6.43. The van der Waals surface area contributed by atoms with Crippen LogP contribution >= 0.6 is 11.8 Å². The summed E-state index contributed by atoms with van der Waals surface area (Å²) in [5.74, 6) is 1.19. The average Bonchev–Trinajstić information content (AvgIpc) is 3.62. The number of benzene rings is 1. The molecule has 0 bridgehead atoms. The number of rotatable bonds is 9. The highest BCUT2D eigenvalue weighted by atomic mass is 32.2. The number of aromatic nitrogens is 5. The first-order chi connectivity index (χ1) is 16.6. The van der Waals surface area contributed by atoms with Crippen LogP contribution in [-0.2, 0) is 17.8 Å². The van der Waals surface area contributed by atoms with Gasteiger partial charge in [0.1, 0.15) is 0 Å². The van der Waals surface area contributed by atoms with Gasteiger partial charge in [0.15, 0.2) is 16.8 Å². The van der Waals surface area contributed by atoms with Crippen molar-refractivity contribution < 1.29 is 9.53 Å². The molecule has 1 N–H and O–H groups in total. The van der Waals surface area contributed by atoms with Gasteiger partial charge in [-0.15, -0.1) is 16.8 Å². The van der Waals surface area contributed by atoms with E-state index in [1.54, 1.807) is 0 Å². The molecule has 4 heterocycles. The molecule has 1 aromatic carbocycles. The number of Topliss-reactive ketones (excluding diaryl/α,β-unsaturated/α-hetero) is 1. The van der Waals surface area contributed by atoms with Crippen molar-refractivity contribution in [2.24, 2.45) is 0 Å². The maximum atomic E-state index is 13.1. The predicted octanol–water partition coefficient (Wildman–Crippen LogP) is 5.18. The predicted molar refractivity (Wildman–Crippen MR) is 135 cm³/mol. The average molecular weight is 476 g/mol. The van der Waals surface area contributed by atoms with E-state index in [0.717, 1.165) is 63.8 Å². The molecule has 5 rings (SSSR count). The van der Waals surface area contributed by atoms with Crippen LogP contribution in [0.15, 0.2) is 54.3 Å². The number of carbonyl (C=O) groups is 1. The van der Waals surface area contributed by atoms with Crippen LogP contribution in [0.4, 0.5) is 0 Å². The number of aromatic amines is 1. The molecule has 1 unspecified atom stereocenters. The van der Waals surface area contributed by atoms with Gasteiger partial charge in [-0.2, -0.15) is 0 Å². The Morgan fingerprint density at radius 1 is 1.29 bits per heavy atom. The quantitative estimate of drug-likeness (QED) is 0.205. The summed E-state index contributed by atoms with van der Waals surface area (Å²) in [4.78, 5) is 16.5. The number of ketones is 1. The second kappa shape index (κ2) is 9.64. The molecule has 0 radical (unpaired) electrons. The number of thioether (sulfide) groups is 1. The smallest absolute Gasteiger partial charge is 0.192 e. The monoisotopic (exact) mass is 475 g/mol. The first-order valence-electron chi connectivity index (χ1n) is 11.6. The van der Waals surface area contributed by atoms with Crippen molar-refractivity contribution >= 4 is 28.4 Å². The maximum Gasteiger partial charge on any atom is 0.192 e. The second-order valence-electron chi connectivity index (χ2n) is 8.70. The Bertz CT molecular complexity index is 1340. The molecule has 1 saturated heterocycles.